The number of ether oxygens (including phenoxy) is 2. The predicted octanol–water partition coefficient (Wildman–Crippen LogP) is 1.60. The van der Waals surface area contributed by atoms with Crippen LogP contribution in [0.15, 0.2) is 24.3 Å². The Morgan fingerprint density at radius 2 is 2.00 bits per heavy atom. The molecular weight excluding hydrogens is 403 g/mol. The number of nitrogens with one attached hydrogen (secondary N) is 1. The predicted molar refractivity (Wildman–Crippen MR) is 114 cm³/mol. The molecule has 0 spiro atoms. The van der Waals surface area contributed by atoms with Crippen molar-refractivity contribution in [1.29, 1.82) is 0 Å². The second kappa shape index (κ2) is 8.89. The zero-order chi connectivity index (χ0) is 21.3. The second-order valence-corrected chi connectivity index (χ2v) is 10.4. The number of nitrogens with zero attached hydrogens (tertiary/aromatic N) is 1. The van der Waals surface area contributed by atoms with Crippen LogP contribution in [0.3, 0.4) is 0 Å². The Morgan fingerprint density at radius 3 is 2.77 bits per heavy atom. The Bertz CT molecular complexity index is 880. The van der Waals surface area contributed by atoms with E-state index in [4.69, 9.17) is 17.3 Å². The molecule has 0 aromatic heterocycles. The first-order valence-electron chi connectivity index (χ1n) is 10.7. The molecule has 162 valence electrons. The first kappa shape index (κ1) is 21.6. The van der Waals surface area contributed by atoms with E-state index in [2.05, 4.69) is 4.72 Å². The summed E-state index contributed by atoms with van der Waals surface area (Å²) in [6.07, 6.45) is 5.03. The van der Waals surface area contributed by atoms with Gasteiger partial charge in [0.05, 0.1) is 32.9 Å². The van der Waals surface area contributed by atoms with E-state index < -0.39 is 10.0 Å². The number of benzene rings is 1. The maximum Gasteiger partial charge on any atom is 0.260 e. The molecule has 2 radical (unpaired) electrons. The number of rotatable bonds is 2. The fourth-order valence-corrected chi connectivity index (χ4v) is 5.89. The van der Waals surface area contributed by atoms with Gasteiger partial charge in [0.2, 0.25) is 10.0 Å². The molecule has 3 aliphatic heterocycles. The fourth-order valence-electron chi connectivity index (χ4n) is 5.06. The molecule has 2 bridgehead atoms. The summed E-state index contributed by atoms with van der Waals surface area (Å²) in [5, 5.41) is 0. The average Bonchev–Trinajstić information content (AvgIpc) is 2.71. The van der Waals surface area contributed by atoms with Gasteiger partial charge in [-0.25, -0.2) is 13.1 Å². The van der Waals surface area contributed by atoms with Crippen molar-refractivity contribution < 1.29 is 22.7 Å². The minimum atomic E-state index is -3.40. The van der Waals surface area contributed by atoms with Crippen LogP contribution >= 0.6 is 0 Å². The van der Waals surface area contributed by atoms with E-state index in [9.17, 15) is 13.2 Å². The smallest absolute Gasteiger partial charge is 0.260 e. The minimum Gasteiger partial charge on any atom is -0.483 e. The van der Waals surface area contributed by atoms with E-state index in [0.29, 0.717) is 18.7 Å². The van der Waals surface area contributed by atoms with Crippen molar-refractivity contribution in [3.8, 4) is 5.75 Å². The quantitative estimate of drug-likeness (QED) is 0.718. The third kappa shape index (κ3) is 4.84. The van der Waals surface area contributed by atoms with Crippen molar-refractivity contribution in [2.45, 2.75) is 62.0 Å². The van der Waals surface area contributed by atoms with Crippen LogP contribution in [0, 0.1) is 0 Å². The van der Waals surface area contributed by atoms with Crippen LogP contribution in [0.2, 0.25) is 5.82 Å². The SMILES string of the molecule is [B]C1C[C@H]2CC[C@@H]1c1ccccc1OCC(=O)N1CCC[C@H](NS(C)(=O)=O)[C@@H]1CO2. The molecule has 1 aromatic rings. The van der Waals surface area contributed by atoms with Crippen molar-refractivity contribution in [3.05, 3.63) is 29.8 Å². The number of para-hydroxylation sites is 1. The van der Waals surface area contributed by atoms with Gasteiger partial charge in [-0.15, -0.1) is 0 Å². The Hall–Kier alpha value is -1.58. The zero-order valence-electron chi connectivity index (χ0n) is 17.3. The van der Waals surface area contributed by atoms with Gasteiger partial charge in [0.1, 0.15) is 5.75 Å². The molecule has 4 aliphatic rings. The Labute approximate surface area is 179 Å². The lowest BCUT2D eigenvalue weighted by molar-refractivity contribution is -0.140. The summed E-state index contributed by atoms with van der Waals surface area (Å²) in [6, 6.07) is 7.05. The van der Waals surface area contributed by atoms with Crippen molar-refractivity contribution >= 4 is 23.8 Å². The summed E-state index contributed by atoms with van der Waals surface area (Å²) in [5.41, 5.74) is 1.04. The first-order chi connectivity index (χ1) is 14.3. The van der Waals surface area contributed by atoms with Gasteiger partial charge in [0.25, 0.3) is 5.91 Å². The van der Waals surface area contributed by atoms with Gasteiger partial charge in [-0.1, -0.05) is 24.0 Å². The highest BCUT2D eigenvalue weighted by Gasteiger charge is 2.38. The Balaban J connectivity index is 1.64. The maximum atomic E-state index is 13.1. The van der Waals surface area contributed by atoms with Crippen molar-refractivity contribution in [1.82, 2.24) is 9.62 Å². The lowest BCUT2D eigenvalue weighted by Gasteiger charge is -2.42. The topological polar surface area (TPSA) is 84.9 Å². The first-order valence-corrected chi connectivity index (χ1v) is 12.6. The summed E-state index contributed by atoms with van der Waals surface area (Å²) in [5.74, 6) is 0.648. The molecule has 5 atom stereocenters. The molecule has 1 aromatic carbocycles. The van der Waals surface area contributed by atoms with Crippen LogP contribution in [0.25, 0.3) is 0 Å². The third-order valence-electron chi connectivity index (χ3n) is 6.49. The van der Waals surface area contributed by atoms with Gasteiger partial charge in [0, 0.05) is 12.6 Å². The monoisotopic (exact) mass is 432 g/mol. The van der Waals surface area contributed by atoms with E-state index in [1.54, 1.807) is 4.90 Å². The summed E-state index contributed by atoms with van der Waals surface area (Å²) < 4.78 is 38.7. The molecule has 2 fully saturated rings. The van der Waals surface area contributed by atoms with E-state index in [-0.39, 0.29) is 49.0 Å². The molecule has 5 rings (SSSR count). The van der Waals surface area contributed by atoms with Crippen LogP contribution < -0.4 is 9.46 Å². The number of carbonyl (C=O) groups is 1. The number of hydrogen-bond acceptors (Lipinski definition) is 5. The largest absolute Gasteiger partial charge is 0.483 e. The molecule has 1 N–H and O–H groups in total. The van der Waals surface area contributed by atoms with Crippen LogP contribution in [0.5, 0.6) is 5.75 Å². The molecule has 1 aliphatic carbocycles. The lowest BCUT2D eigenvalue weighted by atomic mass is 9.65. The second-order valence-electron chi connectivity index (χ2n) is 8.66. The molecule has 7 nitrogen and oxygen atoms in total. The highest BCUT2D eigenvalue weighted by Crippen LogP contribution is 2.44. The van der Waals surface area contributed by atoms with Crippen molar-refractivity contribution in [3.63, 3.8) is 0 Å². The number of piperidine rings is 1. The number of fused-ring (bicyclic) bond motifs is 5. The number of carbonyl (C=O) groups excluding carboxylic acids is 1. The normalized spacial score (nSPS) is 32.8. The van der Waals surface area contributed by atoms with Gasteiger partial charge >= 0.3 is 0 Å². The highest BCUT2D eigenvalue weighted by atomic mass is 32.2. The fraction of sp³-hybridized carbons (Fsp3) is 0.667. The molecule has 1 saturated carbocycles. The third-order valence-corrected chi connectivity index (χ3v) is 7.22. The molecule has 1 unspecified atom stereocenters. The summed E-state index contributed by atoms with van der Waals surface area (Å²) in [4.78, 5) is 14.8. The molecular formula is C21H29BN2O5S. The minimum absolute atomic E-state index is 0.00264. The molecule has 1 saturated heterocycles. The summed E-state index contributed by atoms with van der Waals surface area (Å²) in [7, 11) is 3.12. The summed E-state index contributed by atoms with van der Waals surface area (Å²) >= 11 is 0. The van der Waals surface area contributed by atoms with E-state index in [0.717, 1.165) is 37.5 Å². The van der Waals surface area contributed by atoms with Crippen LogP contribution in [0.1, 0.15) is 43.6 Å². The number of sulfonamides is 1. The van der Waals surface area contributed by atoms with Crippen molar-refractivity contribution in [2.75, 3.05) is 26.0 Å². The number of amides is 1. The van der Waals surface area contributed by atoms with Crippen LogP contribution in [0.4, 0.5) is 0 Å². The van der Waals surface area contributed by atoms with E-state index in [1.165, 1.54) is 0 Å². The van der Waals surface area contributed by atoms with Crippen LogP contribution in [-0.4, -0.2) is 71.3 Å². The standard InChI is InChI=1S/C21H29BN2O5S/c1-30(26,27)23-18-6-4-10-24-19(18)12-28-14-8-9-15(17(22)11-14)16-5-2-3-7-20(16)29-13-21(24)25/h2-3,5,7,14-15,17-19,23H,4,6,8-13H2,1H3/t14-,15-,17?,18+,19+/m1/s1. The van der Waals surface area contributed by atoms with Gasteiger partial charge in [-0.3, -0.25) is 4.79 Å². The number of hydrogen-bond donors (Lipinski definition) is 1. The van der Waals surface area contributed by atoms with Gasteiger partial charge in [0.15, 0.2) is 6.61 Å². The van der Waals surface area contributed by atoms with Gasteiger partial charge < -0.3 is 14.4 Å². The molecule has 30 heavy (non-hydrogen) atoms. The molecule has 3 heterocycles. The van der Waals surface area contributed by atoms with Gasteiger partial charge in [-0.2, -0.15) is 0 Å². The van der Waals surface area contributed by atoms with Crippen molar-refractivity contribution in [2.24, 2.45) is 0 Å². The maximum absolute atomic E-state index is 13.1. The highest BCUT2D eigenvalue weighted by molar-refractivity contribution is 7.88. The van der Waals surface area contributed by atoms with Crippen LogP contribution in [-0.2, 0) is 19.6 Å². The Morgan fingerprint density at radius 1 is 1.20 bits per heavy atom. The lowest BCUT2D eigenvalue weighted by Crippen LogP contribution is -2.59. The zero-order valence-corrected chi connectivity index (χ0v) is 18.1. The van der Waals surface area contributed by atoms with Gasteiger partial charge in [-0.05, 0) is 49.7 Å². The van der Waals surface area contributed by atoms with E-state index >= 15 is 0 Å². The average molecular weight is 432 g/mol. The molecule has 1 amide bonds. The molecule has 9 heteroatoms. The summed E-state index contributed by atoms with van der Waals surface area (Å²) in [6.45, 7) is 0.755. The van der Waals surface area contributed by atoms with E-state index in [1.807, 2.05) is 24.3 Å². The Kier molecular flexibility index (Phi) is 6.41.